The lowest BCUT2D eigenvalue weighted by atomic mass is 10.2. The summed E-state index contributed by atoms with van der Waals surface area (Å²) in [5.41, 5.74) is 1.01. The number of fused-ring (bicyclic) bond motifs is 1. The third-order valence-electron chi connectivity index (χ3n) is 1.96. The van der Waals surface area contributed by atoms with Crippen LogP contribution < -0.4 is 4.73 Å². The number of pyridine rings is 1. The molecule has 0 aliphatic rings. The molecule has 1 aromatic heterocycles. The molecule has 0 spiro atoms. The summed E-state index contributed by atoms with van der Waals surface area (Å²) in [5, 5.41) is 12.3. The molecular weight excluding hydrogens is 293 g/mol. The van der Waals surface area contributed by atoms with Crippen molar-refractivity contribution in [1.29, 1.82) is 0 Å². The zero-order valence-corrected chi connectivity index (χ0v) is 9.26. The van der Waals surface area contributed by atoms with Crippen LogP contribution in [0, 0.1) is 8.78 Å². The molecule has 14 heavy (non-hydrogen) atoms. The molecule has 1 aromatic carbocycles. The first-order chi connectivity index (χ1) is 6.72. The van der Waals surface area contributed by atoms with Gasteiger partial charge in [-0.3, -0.25) is 4.79 Å². The number of rotatable bonds is 1. The second-order valence-electron chi connectivity index (χ2n) is 2.89. The van der Waals surface area contributed by atoms with E-state index in [0.29, 0.717) is 17.4 Å². The van der Waals surface area contributed by atoms with E-state index < -0.39 is 0 Å². The van der Waals surface area contributed by atoms with Gasteiger partial charge in [0.25, 0.3) is 0 Å². The van der Waals surface area contributed by atoms with Crippen molar-refractivity contribution >= 4 is 39.8 Å². The zero-order valence-electron chi connectivity index (χ0n) is 7.11. The SMILES string of the molecule is O=Cc1cc2cccc(I)c2[n+]([O-])c1. The highest BCUT2D eigenvalue weighted by Gasteiger charge is 2.09. The molecule has 70 valence electrons. The van der Waals surface area contributed by atoms with Gasteiger partial charge in [-0.15, -0.1) is 0 Å². The van der Waals surface area contributed by atoms with Gasteiger partial charge in [-0.2, -0.15) is 4.73 Å². The number of aromatic nitrogens is 1. The van der Waals surface area contributed by atoms with Crippen molar-refractivity contribution in [3.8, 4) is 0 Å². The quantitative estimate of drug-likeness (QED) is 0.349. The van der Waals surface area contributed by atoms with Gasteiger partial charge in [-0.05, 0) is 40.8 Å². The Balaban J connectivity index is 2.89. The summed E-state index contributed by atoms with van der Waals surface area (Å²) in [6, 6.07) is 7.24. The second kappa shape index (κ2) is 3.53. The molecule has 0 aliphatic carbocycles. The van der Waals surface area contributed by atoms with Crippen molar-refractivity contribution in [1.82, 2.24) is 0 Å². The lowest BCUT2D eigenvalue weighted by molar-refractivity contribution is -0.577. The monoisotopic (exact) mass is 299 g/mol. The Labute approximate surface area is 94.1 Å². The molecule has 2 rings (SSSR count). The number of hydrogen-bond acceptors (Lipinski definition) is 2. The number of carbonyl (C=O) groups excluding carboxylic acids is 1. The van der Waals surface area contributed by atoms with Crippen LogP contribution >= 0.6 is 22.6 Å². The standard InChI is InChI=1S/C10H6INO2/c11-9-3-1-2-8-4-7(6-13)5-12(14)10(8)9/h1-6H. The molecule has 1 heterocycles. The topological polar surface area (TPSA) is 44.0 Å². The van der Waals surface area contributed by atoms with E-state index in [-0.39, 0.29) is 0 Å². The van der Waals surface area contributed by atoms with Crippen LogP contribution in [0.5, 0.6) is 0 Å². The first-order valence-corrected chi connectivity index (χ1v) is 5.07. The van der Waals surface area contributed by atoms with E-state index in [0.717, 1.165) is 13.7 Å². The van der Waals surface area contributed by atoms with E-state index >= 15 is 0 Å². The van der Waals surface area contributed by atoms with Gasteiger partial charge in [-0.1, -0.05) is 6.07 Å². The largest absolute Gasteiger partial charge is 0.618 e. The van der Waals surface area contributed by atoms with Crippen molar-refractivity contribution in [2.24, 2.45) is 0 Å². The van der Waals surface area contributed by atoms with Gasteiger partial charge >= 0.3 is 0 Å². The molecule has 0 fully saturated rings. The van der Waals surface area contributed by atoms with Crippen LogP contribution in [0.4, 0.5) is 0 Å². The Kier molecular flexibility index (Phi) is 2.37. The highest BCUT2D eigenvalue weighted by atomic mass is 127. The molecular formula is C10H6INO2. The number of nitrogens with zero attached hydrogens (tertiary/aromatic N) is 1. The minimum atomic E-state index is 0.398. The second-order valence-corrected chi connectivity index (χ2v) is 4.06. The number of para-hydroxylation sites is 1. The minimum Gasteiger partial charge on any atom is -0.618 e. The average molecular weight is 299 g/mol. The number of halogens is 1. The zero-order chi connectivity index (χ0) is 10.1. The van der Waals surface area contributed by atoms with Crippen LogP contribution in [-0.2, 0) is 0 Å². The Hall–Kier alpha value is -1.17. The van der Waals surface area contributed by atoms with Crippen LogP contribution in [-0.4, -0.2) is 6.29 Å². The summed E-state index contributed by atoms with van der Waals surface area (Å²) in [4.78, 5) is 10.5. The van der Waals surface area contributed by atoms with Crippen LogP contribution in [0.25, 0.3) is 10.9 Å². The molecule has 4 heteroatoms. The molecule has 0 aliphatic heterocycles. The van der Waals surface area contributed by atoms with Crippen molar-refractivity contribution in [2.75, 3.05) is 0 Å². The third-order valence-corrected chi connectivity index (χ3v) is 2.83. The fourth-order valence-electron chi connectivity index (χ4n) is 1.36. The first kappa shape index (κ1) is 9.39. The summed E-state index contributed by atoms with van der Waals surface area (Å²) in [5.74, 6) is 0. The highest BCUT2D eigenvalue weighted by Crippen LogP contribution is 2.17. The molecule has 2 aromatic rings. The maximum Gasteiger partial charge on any atom is 0.237 e. The predicted octanol–water partition coefficient (Wildman–Crippen LogP) is 1.89. The number of carbonyl (C=O) groups is 1. The number of aldehydes is 1. The van der Waals surface area contributed by atoms with Gasteiger partial charge in [0, 0.05) is 5.39 Å². The molecule has 0 N–H and O–H groups in total. The van der Waals surface area contributed by atoms with Gasteiger partial charge < -0.3 is 5.21 Å². The molecule has 0 atom stereocenters. The van der Waals surface area contributed by atoms with Crippen molar-refractivity contribution in [3.05, 3.63) is 44.8 Å². The van der Waals surface area contributed by atoms with Crippen LogP contribution in [0.15, 0.2) is 30.5 Å². The fourth-order valence-corrected chi connectivity index (χ4v) is 2.12. The molecule has 0 radical (unpaired) electrons. The molecule has 3 nitrogen and oxygen atoms in total. The Morgan fingerprint density at radius 3 is 2.93 bits per heavy atom. The minimum absolute atomic E-state index is 0.398. The summed E-state index contributed by atoms with van der Waals surface area (Å²) in [6.07, 6.45) is 1.96. The smallest absolute Gasteiger partial charge is 0.237 e. The van der Waals surface area contributed by atoms with Gasteiger partial charge in [0.05, 0.1) is 9.13 Å². The van der Waals surface area contributed by atoms with Gasteiger partial charge in [0.1, 0.15) is 0 Å². The van der Waals surface area contributed by atoms with E-state index in [2.05, 4.69) is 22.6 Å². The Bertz CT molecular complexity index is 511. The normalized spacial score (nSPS) is 10.4. The maximum atomic E-state index is 11.5. The lowest BCUT2D eigenvalue weighted by Crippen LogP contribution is -2.28. The van der Waals surface area contributed by atoms with E-state index in [1.54, 1.807) is 6.07 Å². The van der Waals surface area contributed by atoms with E-state index in [1.165, 1.54) is 6.20 Å². The molecule has 0 saturated carbocycles. The number of benzene rings is 1. The van der Waals surface area contributed by atoms with Crippen molar-refractivity contribution in [3.63, 3.8) is 0 Å². The Morgan fingerprint density at radius 1 is 1.43 bits per heavy atom. The molecule has 0 amide bonds. The summed E-state index contributed by atoms with van der Waals surface area (Å²) >= 11 is 2.10. The van der Waals surface area contributed by atoms with E-state index in [1.807, 2.05) is 18.2 Å². The van der Waals surface area contributed by atoms with Gasteiger partial charge in [0.2, 0.25) is 5.52 Å². The Morgan fingerprint density at radius 2 is 2.21 bits per heavy atom. The lowest BCUT2D eigenvalue weighted by Gasteiger charge is -2.03. The predicted molar refractivity (Wildman–Crippen MR) is 61.0 cm³/mol. The average Bonchev–Trinajstić information content (AvgIpc) is 2.17. The van der Waals surface area contributed by atoms with Gasteiger partial charge in [-0.25, -0.2) is 0 Å². The first-order valence-electron chi connectivity index (χ1n) is 3.99. The molecule has 0 unspecified atom stereocenters. The fraction of sp³-hybridized carbons (Fsp3) is 0. The third kappa shape index (κ3) is 1.45. The van der Waals surface area contributed by atoms with Gasteiger partial charge in [0.15, 0.2) is 12.5 Å². The van der Waals surface area contributed by atoms with E-state index in [4.69, 9.17) is 0 Å². The highest BCUT2D eigenvalue weighted by molar-refractivity contribution is 14.1. The van der Waals surface area contributed by atoms with Crippen LogP contribution in [0.2, 0.25) is 0 Å². The van der Waals surface area contributed by atoms with Crippen molar-refractivity contribution < 1.29 is 9.52 Å². The molecule has 0 saturated heterocycles. The van der Waals surface area contributed by atoms with E-state index in [9.17, 15) is 10.0 Å². The summed E-state index contributed by atoms with van der Waals surface area (Å²) < 4.78 is 1.62. The summed E-state index contributed by atoms with van der Waals surface area (Å²) in [7, 11) is 0. The molecule has 0 bridgehead atoms. The van der Waals surface area contributed by atoms with Crippen LogP contribution in [0.3, 0.4) is 0 Å². The summed E-state index contributed by atoms with van der Waals surface area (Å²) in [6.45, 7) is 0. The number of hydrogen-bond donors (Lipinski definition) is 0. The van der Waals surface area contributed by atoms with Crippen molar-refractivity contribution in [2.45, 2.75) is 0 Å². The van der Waals surface area contributed by atoms with Crippen LogP contribution in [0.1, 0.15) is 10.4 Å². The maximum absolute atomic E-state index is 11.5.